The molecule has 0 bridgehead atoms. The fourth-order valence-electron chi connectivity index (χ4n) is 2.31. The standard InChI is InChI=1S/C15H19N3O4S/c1-10(2)18-9-15(11(3)16-18)23(19,20)17-12-4-5-13-14(8-12)22-7-6-21-13/h4-5,8-10,17H,6-7H2,1-3H3. The predicted molar refractivity (Wildman–Crippen MR) is 85.6 cm³/mol. The van der Waals surface area contributed by atoms with Crippen LogP contribution < -0.4 is 14.2 Å². The number of hydrogen-bond donors (Lipinski definition) is 1. The Bertz CT molecular complexity index is 827. The van der Waals surface area contributed by atoms with E-state index in [-0.39, 0.29) is 10.9 Å². The predicted octanol–water partition coefficient (Wildman–Crippen LogP) is 2.34. The number of rotatable bonds is 4. The number of benzene rings is 1. The van der Waals surface area contributed by atoms with Crippen molar-refractivity contribution in [2.75, 3.05) is 17.9 Å². The first-order chi connectivity index (χ1) is 10.9. The Kier molecular flexibility index (Phi) is 3.93. The molecule has 0 aliphatic carbocycles. The molecular formula is C15H19N3O4S. The Hall–Kier alpha value is -2.22. The van der Waals surface area contributed by atoms with Gasteiger partial charge in [0, 0.05) is 18.3 Å². The fourth-order valence-corrected chi connectivity index (χ4v) is 3.53. The normalized spacial score (nSPS) is 14.1. The van der Waals surface area contributed by atoms with Crippen molar-refractivity contribution in [3.05, 3.63) is 30.1 Å². The summed E-state index contributed by atoms with van der Waals surface area (Å²) in [7, 11) is -3.71. The van der Waals surface area contributed by atoms with Gasteiger partial charge in [0.2, 0.25) is 0 Å². The molecule has 1 aliphatic rings. The molecule has 7 nitrogen and oxygen atoms in total. The van der Waals surface area contributed by atoms with Crippen LogP contribution in [0.5, 0.6) is 11.5 Å². The van der Waals surface area contributed by atoms with Crippen LogP contribution in [0.3, 0.4) is 0 Å². The van der Waals surface area contributed by atoms with Gasteiger partial charge in [-0.1, -0.05) is 0 Å². The number of hydrogen-bond acceptors (Lipinski definition) is 5. The van der Waals surface area contributed by atoms with Gasteiger partial charge >= 0.3 is 0 Å². The zero-order chi connectivity index (χ0) is 16.6. The first-order valence-corrected chi connectivity index (χ1v) is 8.83. The van der Waals surface area contributed by atoms with Crippen LogP contribution >= 0.6 is 0 Å². The quantitative estimate of drug-likeness (QED) is 0.926. The van der Waals surface area contributed by atoms with Crippen LogP contribution in [0.1, 0.15) is 25.6 Å². The van der Waals surface area contributed by atoms with Crippen LogP contribution in [-0.4, -0.2) is 31.4 Å². The Morgan fingerprint density at radius 2 is 1.91 bits per heavy atom. The number of anilines is 1. The van der Waals surface area contributed by atoms with Crippen molar-refractivity contribution in [2.45, 2.75) is 31.7 Å². The minimum absolute atomic E-state index is 0.0898. The van der Waals surface area contributed by atoms with E-state index < -0.39 is 10.0 Å². The van der Waals surface area contributed by atoms with Gasteiger partial charge in [-0.15, -0.1) is 0 Å². The van der Waals surface area contributed by atoms with Gasteiger partial charge in [-0.2, -0.15) is 5.10 Å². The molecule has 0 spiro atoms. The van der Waals surface area contributed by atoms with Crippen LogP contribution in [-0.2, 0) is 10.0 Å². The highest BCUT2D eigenvalue weighted by atomic mass is 32.2. The van der Waals surface area contributed by atoms with E-state index in [0.717, 1.165) is 0 Å². The van der Waals surface area contributed by atoms with E-state index in [0.29, 0.717) is 36.1 Å². The molecule has 23 heavy (non-hydrogen) atoms. The van der Waals surface area contributed by atoms with Crippen molar-refractivity contribution >= 4 is 15.7 Å². The molecule has 0 atom stereocenters. The average Bonchev–Trinajstić information content (AvgIpc) is 2.90. The van der Waals surface area contributed by atoms with Crippen LogP contribution in [0.2, 0.25) is 0 Å². The maximum absolute atomic E-state index is 12.6. The van der Waals surface area contributed by atoms with Gasteiger partial charge in [0.25, 0.3) is 10.0 Å². The van der Waals surface area contributed by atoms with Gasteiger partial charge in [0.15, 0.2) is 11.5 Å². The van der Waals surface area contributed by atoms with E-state index in [1.165, 1.54) is 0 Å². The smallest absolute Gasteiger partial charge is 0.265 e. The maximum atomic E-state index is 12.6. The second-order valence-electron chi connectivity index (χ2n) is 5.62. The van der Waals surface area contributed by atoms with Crippen molar-refractivity contribution in [3.63, 3.8) is 0 Å². The molecule has 124 valence electrons. The summed E-state index contributed by atoms with van der Waals surface area (Å²) in [5.41, 5.74) is 0.884. The third-order valence-corrected chi connectivity index (χ3v) is 4.97. The SMILES string of the molecule is Cc1nn(C(C)C)cc1S(=O)(=O)Nc1ccc2c(c1)OCCO2. The van der Waals surface area contributed by atoms with Crippen LogP contribution in [0, 0.1) is 6.92 Å². The first kappa shape index (κ1) is 15.7. The number of fused-ring (bicyclic) bond motifs is 1. The monoisotopic (exact) mass is 337 g/mol. The minimum atomic E-state index is -3.71. The molecule has 0 saturated heterocycles. The topological polar surface area (TPSA) is 82.5 Å². The van der Waals surface area contributed by atoms with Crippen LogP contribution in [0.15, 0.2) is 29.3 Å². The Morgan fingerprint density at radius 1 is 1.22 bits per heavy atom. The Morgan fingerprint density at radius 3 is 2.57 bits per heavy atom. The fraction of sp³-hybridized carbons (Fsp3) is 0.400. The third-order valence-electron chi connectivity index (χ3n) is 3.48. The second-order valence-corrected chi connectivity index (χ2v) is 7.27. The summed E-state index contributed by atoms with van der Waals surface area (Å²) in [5.74, 6) is 1.15. The first-order valence-electron chi connectivity index (χ1n) is 7.35. The van der Waals surface area contributed by atoms with E-state index in [1.807, 2.05) is 13.8 Å². The van der Waals surface area contributed by atoms with Crippen molar-refractivity contribution in [1.82, 2.24) is 9.78 Å². The summed E-state index contributed by atoms with van der Waals surface area (Å²) in [6, 6.07) is 5.05. The molecule has 1 aliphatic heterocycles. The summed E-state index contributed by atoms with van der Waals surface area (Å²) in [5, 5.41) is 4.24. The van der Waals surface area contributed by atoms with Gasteiger partial charge in [0.1, 0.15) is 18.1 Å². The molecule has 0 radical (unpaired) electrons. The van der Waals surface area contributed by atoms with Gasteiger partial charge in [-0.05, 0) is 32.9 Å². The molecule has 2 heterocycles. The van der Waals surface area contributed by atoms with Crippen LogP contribution in [0.25, 0.3) is 0 Å². The molecule has 0 saturated carbocycles. The zero-order valence-corrected chi connectivity index (χ0v) is 14.1. The molecule has 2 aromatic rings. The average molecular weight is 337 g/mol. The largest absolute Gasteiger partial charge is 0.486 e. The lowest BCUT2D eigenvalue weighted by Crippen LogP contribution is -2.17. The Labute approximate surface area is 135 Å². The molecule has 1 aromatic heterocycles. The second kappa shape index (κ2) is 5.77. The van der Waals surface area contributed by atoms with Crippen molar-refractivity contribution in [3.8, 4) is 11.5 Å². The number of ether oxygens (including phenoxy) is 2. The third kappa shape index (κ3) is 3.12. The lowest BCUT2D eigenvalue weighted by molar-refractivity contribution is 0.171. The lowest BCUT2D eigenvalue weighted by Gasteiger charge is -2.19. The molecule has 0 fully saturated rings. The van der Waals surface area contributed by atoms with E-state index in [4.69, 9.17) is 9.47 Å². The lowest BCUT2D eigenvalue weighted by atomic mass is 10.3. The van der Waals surface area contributed by atoms with Gasteiger partial charge in [-0.3, -0.25) is 9.40 Å². The molecule has 1 N–H and O–H groups in total. The van der Waals surface area contributed by atoms with E-state index in [9.17, 15) is 8.42 Å². The summed E-state index contributed by atoms with van der Waals surface area (Å²) in [6.45, 7) is 6.50. The summed E-state index contributed by atoms with van der Waals surface area (Å²) < 4.78 is 40.3. The van der Waals surface area contributed by atoms with Crippen molar-refractivity contribution < 1.29 is 17.9 Å². The molecular weight excluding hydrogens is 318 g/mol. The van der Waals surface area contributed by atoms with Crippen molar-refractivity contribution in [2.24, 2.45) is 0 Å². The molecule has 0 amide bonds. The van der Waals surface area contributed by atoms with Gasteiger partial charge < -0.3 is 9.47 Å². The van der Waals surface area contributed by atoms with Gasteiger partial charge in [0.05, 0.1) is 11.4 Å². The number of nitrogens with one attached hydrogen (secondary N) is 1. The Balaban J connectivity index is 1.89. The van der Waals surface area contributed by atoms with E-state index in [2.05, 4.69) is 9.82 Å². The van der Waals surface area contributed by atoms with E-state index >= 15 is 0 Å². The number of sulfonamides is 1. The van der Waals surface area contributed by atoms with E-state index in [1.54, 1.807) is 36.0 Å². The summed E-state index contributed by atoms with van der Waals surface area (Å²) in [6.07, 6.45) is 1.54. The maximum Gasteiger partial charge on any atom is 0.265 e. The summed E-state index contributed by atoms with van der Waals surface area (Å²) >= 11 is 0. The zero-order valence-electron chi connectivity index (χ0n) is 13.2. The number of nitrogens with zero attached hydrogens (tertiary/aromatic N) is 2. The highest BCUT2D eigenvalue weighted by Crippen LogP contribution is 2.33. The summed E-state index contributed by atoms with van der Waals surface area (Å²) in [4.78, 5) is 0.168. The molecule has 0 unspecified atom stereocenters. The molecule has 1 aromatic carbocycles. The number of aromatic nitrogens is 2. The highest BCUT2D eigenvalue weighted by Gasteiger charge is 2.22. The van der Waals surface area contributed by atoms with Crippen molar-refractivity contribution in [1.29, 1.82) is 0 Å². The number of aryl methyl sites for hydroxylation is 1. The molecule has 3 rings (SSSR count). The van der Waals surface area contributed by atoms with Crippen LogP contribution in [0.4, 0.5) is 5.69 Å². The minimum Gasteiger partial charge on any atom is -0.486 e. The van der Waals surface area contributed by atoms with Gasteiger partial charge in [-0.25, -0.2) is 8.42 Å². The highest BCUT2D eigenvalue weighted by molar-refractivity contribution is 7.92. The molecule has 8 heteroatoms.